The van der Waals surface area contributed by atoms with Crippen LogP contribution in [0.2, 0.25) is 0 Å². The van der Waals surface area contributed by atoms with E-state index in [0.29, 0.717) is 18.1 Å². The average Bonchev–Trinajstić information content (AvgIpc) is 3.12. The molecule has 1 aliphatic carbocycles. The molecule has 3 nitrogen and oxygen atoms in total. The average molecular weight is 274 g/mol. The first-order valence-electron chi connectivity index (χ1n) is 7.92. The summed E-state index contributed by atoms with van der Waals surface area (Å²) >= 11 is 0. The second-order valence-corrected chi connectivity index (χ2v) is 6.08. The number of nitrogens with one attached hydrogen (secondary N) is 1. The van der Waals surface area contributed by atoms with E-state index in [0.717, 1.165) is 26.2 Å². The van der Waals surface area contributed by atoms with Crippen LogP contribution in [0.1, 0.15) is 36.9 Å². The van der Waals surface area contributed by atoms with Crippen LogP contribution in [-0.2, 0) is 11.2 Å². The summed E-state index contributed by atoms with van der Waals surface area (Å²) in [6.45, 7) is 5.13. The van der Waals surface area contributed by atoms with Gasteiger partial charge >= 0.3 is 0 Å². The molecule has 110 valence electrons. The minimum atomic E-state index is 0.469. The zero-order valence-electron chi connectivity index (χ0n) is 12.6. The molecular weight excluding hydrogens is 248 g/mol. The summed E-state index contributed by atoms with van der Waals surface area (Å²) in [5.41, 5.74) is 3.01. The van der Waals surface area contributed by atoms with Crippen LogP contribution in [0.25, 0.3) is 0 Å². The van der Waals surface area contributed by atoms with Crippen molar-refractivity contribution >= 4 is 0 Å². The minimum Gasteiger partial charge on any atom is -0.380 e. The highest BCUT2D eigenvalue weighted by Crippen LogP contribution is 2.35. The molecule has 1 aromatic carbocycles. The van der Waals surface area contributed by atoms with Gasteiger partial charge < -0.3 is 10.1 Å². The van der Waals surface area contributed by atoms with E-state index in [1.807, 2.05) is 0 Å². The van der Waals surface area contributed by atoms with Crippen molar-refractivity contribution in [3.63, 3.8) is 0 Å². The van der Waals surface area contributed by atoms with Gasteiger partial charge in [0.15, 0.2) is 0 Å². The van der Waals surface area contributed by atoms with Gasteiger partial charge in [-0.05, 0) is 44.0 Å². The van der Waals surface area contributed by atoms with Crippen LogP contribution in [-0.4, -0.2) is 43.8 Å². The topological polar surface area (TPSA) is 24.5 Å². The number of rotatable bonds is 5. The van der Waals surface area contributed by atoms with Crippen molar-refractivity contribution in [3.05, 3.63) is 35.4 Å². The highest BCUT2D eigenvalue weighted by atomic mass is 16.5. The van der Waals surface area contributed by atoms with Crippen molar-refractivity contribution in [2.24, 2.45) is 0 Å². The largest absolute Gasteiger partial charge is 0.380 e. The Kier molecular flexibility index (Phi) is 4.39. The molecule has 3 rings (SSSR count). The Morgan fingerprint density at radius 3 is 2.95 bits per heavy atom. The fourth-order valence-corrected chi connectivity index (χ4v) is 3.61. The molecule has 1 N–H and O–H groups in total. The van der Waals surface area contributed by atoms with Crippen LogP contribution in [0.15, 0.2) is 24.3 Å². The van der Waals surface area contributed by atoms with E-state index in [4.69, 9.17) is 4.74 Å². The summed E-state index contributed by atoms with van der Waals surface area (Å²) in [6, 6.07) is 10.5. The van der Waals surface area contributed by atoms with E-state index in [1.165, 1.54) is 24.0 Å². The van der Waals surface area contributed by atoms with Crippen LogP contribution in [0.4, 0.5) is 0 Å². The van der Waals surface area contributed by atoms with Crippen molar-refractivity contribution in [3.8, 4) is 0 Å². The zero-order chi connectivity index (χ0) is 13.9. The SMILES string of the molecule is CCCNC1c2ccccc2CC1N(C)C1CCOC1. The highest BCUT2D eigenvalue weighted by molar-refractivity contribution is 5.37. The molecular formula is C17H26N2O. The van der Waals surface area contributed by atoms with Crippen molar-refractivity contribution in [2.45, 2.75) is 44.3 Å². The Labute approximate surface area is 122 Å². The Hall–Kier alpha value is -0.900. The summed E-state index contributed by atoms with van der Waals surface area (Å²) in [6.07, 6.45) is 3.51. The molecule has 0 spiro atoms. The zero-order valence-corrected chi connectivity index (χ0v) is 12.6. The molecule has 1 saturated heterocycles. The summed E-state index contributed by atoms with van der Waals surface area (Å²) in [4.78, 5) is 2.56. The first-order valence-corrected chi connectivity index (χ1v) is 7.92. The second-order valence-electron chi connectivity index (χ2n) is 6.08. The molecule has 3 atom stereocenters. The molecule has 1 aliphatic heterocycles. The standard InChI is InChI=1S/C17H26N2O/c1-3-9-18-17-15-7-5-4-6-13(15)11-16(17)19(2)14-8-10-20-12-14/h4-7,14,16-18H,3,8-12H2,1-2H3. The molecule has 2 aliphatic rings. The third kappa shape index (κ3) is 2.62. The number of hydrogen-bond donors (Lipinski definition) is 1. The van der Waals surface area contributed by atoms with Crippen molar-refractivity contribution in [1.82, 2.24) is 10.2 Å². The summed E-state index contributed by atoms with van der Waals surface area (Å²) in [5, 5.41) is 3.76. The van der Waals surface area contributed by atoms with Gasteiger partial charge in [-0.15, -0.1) is 0 Å². The first-order chi connectivity index (χ1) is 9.81. The van der Waals surface area contributed by atoms with Crippen molar-refractivity contribution < 1.29 is 4.74 Å². The van der Waals surface area contributed by atoms with E-state index in [9.17, 15) is 0 Å². The van der Waals surface area contributed by atoms with Gasteiger partial charge in [0.05, 0.1) is 6.61 Å². The highest BCUT2D eigenvalue weighted by Gasteiger charge is 2.37. The fraction of sp³-hybridized carbons (Fsp3) is 0.647. The van der Waals surface area contributed by atoms with E-state index in [-0.39, 0.29) is 0 Å². The molecule has 3 heteroatoms. The van der Waals surface area contributed by atoms with E-state index >= 15 is 0 Å². The lowest BCUT2D eigenvalue weighted by molar-refractivity contribution is 0.118. The maximum Gasteiger partial charge on any atom is 0.0622 e. The third-order valence-corrected chi connectivity index (χ3v) is 4.82. The van der Waals surface area contributed by atoms with Crippen LogP contribution >= 0.6 is 0 Å². The van der Waals surface area contributed by atoms with Crippen LogP contribution in [0, 0.1) is 0 Å². The smallest absolute Gasteiger partial charge is 0.0622 e. The summed E-state index contributed by atoms with van der Waals surface area (Å²) in [7, 11) is 2.27. The quantitative estimate of drug-likeness (QED) is 0.892. The van der Waals surface area contributed by atoms with E-state index in [1.54, 1.807) is 0 Å². The Balaban J connectivity index is 1.79. The van der Waals surface area contributed by atoms with Crippen molar-refractivity contribution in [1.29, 1.82) is 0 Å². The van der Waals surface area contributed by atoms with Gasteiger partial charge in [0.1, 0.15) is 0 Å². The van der Waals surface area contributed by atoms with Crippen LogP contribution < -0.4 is 5.32 Å². The normalized spacial score (nSPS) is 29.1. The molecule has 3 unspecified atom stereocenters. The van der Waals surface area contributed by atoms with Gasteiger partial charge in [0.25, 0.3) is 0 Å². The lowest BCUT2D eigenvalue weighted by Gasteiger charge is -2.34. The van der Waals surface area contributed by atoms with Gasteiger partial charge in [-0.3, -0.25) is 4.90 Å². The second kappa shape index (κ2) is 6.25. The maximum atomic E-state index is 5.57. The molecule has 0 aromatic heterocycles. The van der Waals surface area contributed by atoms with Crippen LogP contribution in [0.5, 0.6) is 0 Å². The van der Waals surface area contributed by atoms with Crippen molar-refractivity contribution in [2.75, 3.05) is 26.8 Å². The number of hydrogen-bond acceptors (Lipinski definition) is 3. The third-order valence-electron chi connectivity index (χ3n) is 4.82. The Bertz CT molecular complexity index is 442. The molecule has 1 heterocycles. The van der Waals surface area contributed by atoms with Gasteiger partial charge in [-0.1, -0.05) is 31.2 Å². The van der Waals surface area contributed by atoms with Gasteiger partial charge in [0, 0.05) is 24.7 Å². The Morgan fingerprint density at radius 2 is 2.20 bits per heavy atom. The van der Waals surface area contributed by atoms with E-state index in [2.05, 4.69) is 48.5 Å². The molecule has 0 saturated carbocycles. The van der Waals surface area contributed by atoms with Crippen LogP contribution in [0.3, 0.4) is 0 Å². The monoisotopic (exact) mass is 274 g/mol. The molecule has 20 heavy (non-hydrogen) atoms. The molecule has 0 radical (unpaired) electrons. The lowest BCUT2D eigenvalue weighted by Crippen LogP contribution is -2.46. The fourth-order valence-electron chi connectivity index (χ4n) is 3.61. The number of nitrogens with zero attached hydrogens (tertiary/aromatic N) is 1. The lowest BCUT2D eigenvalue weighted by atomic mass is 10.0. The van der Waals surface area contributed by atoms with Gasteiger partial charge in [-0.2, -0.15) is 0 Å². The summed E-state index contributed by atoms with van der Waals surface area (Å²) < 4.78 is 5.57. The van der Waals surface area contributed by atoms with Gasteiger partial charge in [0.2, 0.25) is 0 Å². The molecule has 0 amide bonds. The molecule has 1 aromatic rings. The predicted octanol–water partition coefficient (Wildman–Crippen LogP) is 2.37. The number of fused-ring (bicyclic) bond motifs is 1. The number of ether oxygens (including phenoxy) is 1. The number of benzene rings is 1. The molecule has 0 bridgehead atoms. The maximum absolute atomic E-state index is 5.57. The number of likely N-dealkylation sites (N-methyl/N-ethyl adjacent to an activating group) is 1. The van der Waals surface area contributed by atoms with E-state index < -0.39 is 0 Å². The minimum absolute atomic E-state index is 0.469. The first kappa shape index (κ1) is 14.1. The Morgan fingerprint density at radius 1 is 1.35 bits per heavy atom. The molecule has 1 fully saturated rings. The van der Waals surface area contributed by atoms with Gasteiger partial charge in [-0.25, -0.2) is 0 Å². The predicted molar refractivity (Wildman–Crippen MR) is 82.0 cm³/mol. The summed E-state index contributed by atoms with van der Waals surface area (Å²) in [5.74, 6) is 0.